The van der Waals surface area contributed by atoms with Gasteiger partial charge < -0.3 is 4.74 Å². The zero-order valence-corrected chi connectivity index (χ0v) is 9.79. The van der Waals surface area contributed by atoms with Gasteiger partial charge in [-0.1, -0.05) is 32.9 Å². The SMILES string of the molecule is Cc1cccc(OC(C)C(C)(C)C)c1. The minimum absolute atomic E-state index is 0.184. The molecule has 0 aliphatic rings. The van der Waals surface area contributed by atoms with Crippen molar-refractivity contribution >= 4 is 0 Å². The molecular formula is C13H20O. The lowest BCUT2D eigenvalue weighted by Gasteiger charge is -2.28. The van der Waals surface area contributed by atoms with Gasteiger partial charge in [-0.15, -0.1) is 0 Å². The summed E-state index contributed by atoms with van der Waals surface area (Å²) in [4.78, 5) is 0. The van der Waals surface area contributed by atoms with Gasteiger partial charge in [0.05, 0.1) is 0 Å². The van der Waals surface area contributed by atoms with E-state index in [1.807, 2.05) is 12.1 Å². The number of hydrogen-bond donors (Lipinski definition) is 0. The molecule has 0 N–H and O–H groups in total. The molecule has 0 amide bonds. The fourth-order valence-electron chi connectivity index (χ4n) is 1.07. The first-order valence-corrected chi connectivity index (χ1v) is 5.13. The molecule has 14 heavy (non-hydrogen) atoms. The molecule has 1 rings (SSSR count). The third-order valence-electron chi connectivity index (χ3n) is 2.52. The molecule has 0 fully saturated rings. The Morgan fingerprint density at radius 2 is 1.86 bits per heavy atom. The highest BCUT2D eigenvalue weighted by Crippen LogP contribution is 2.24. The average molecular weight is 192 g/mol. The molecule has 0 aromatic heterocycles. The van der Waals surface area contributed by atoms with Crippen LogP contribution in [0.15, 0.2) is 24.3 Å². The summed E-state index contributed by atoms with van der Waals surface area (Å²) in [5.74, 6) is 0.965. The molecule has 0 saturated heterocycles. The molecular weight excluding hydrogens is 172 g/mol. The van der Waals surface area contributed by atoms with Crippen molar-refractivity contribution < 1.29 is 4.74 Å². The number of ether oxygens (including phenoxy) is 1. The number of hydrogen-bond acceptors (Lipinski definition) is 1. The molecule has 0 aliphatic carbocycles. The summed E-state index contributed by atoms with van der Waals surface area (Å²) in [7, 11) is 0. The van der Waals surface area contributed by atoms with E-state index in [0.29, 0.717) is 0 Å². The zero-order chi connectivity index (χ0) is 10.8. The van der Waals surface area contributed by atoms with Crippen molar-refractivity contribution in [2.75, 3.05) is 0 Å². The van der Waals surface area contributed by atoms with Gasteiger partial charge in [0.2, 0.25) is 0 Å². The van der Waals surface area contributed by atoms with Crippen molar-refractivity contribution in [1.29, 1.82) is 0 Å². The van der Waals surface area contributed by atoms with Gasteiger partial charge in [0.25, 0.3) is 0 Å². The summed E-state index contributed by atoms with van der Waals surface area (Å²) >= 11 is 0. The van der Waals surface area contributed by atoms with E-state index in [9.17, 15) is 0 Å². The summed E-state index contributed by atoms with van der Waals surface area (Å²) in [6.45, 7) is 10.8. The van der Waals surface area contributed by atoms with Crippen molar-refractivity contribution in [2.24, 2.45) is 5.41 Å². The molecule has 0 aliphatic heterocycles. The normalized spacial score (nSPS) is 13.8. The summed E-state index contributed by atoms with van der Waals surface area (Å²) in [6, 6.07) is 8.19. The Balaban J connectivity index is 2.70. The molecule has 0 spiro atoms. The van der Waals surface area contributed by atoms with Crippen LogP contribution in [0.2, 0.25) is 0 Å². The molecule has 0 heterocycles. The Hall–Kier alpha value is -0.980. The summed E-state index contributed by atoms with van der Waals surface area (Å²) in [6.07, 6.45) is 0.226. The van der Waals surface area contributed by atoms with E-state index in [-0.39, 0.29) is 11.5 Å². The van der Waals surface area contributed by atoms with Crippen LogP contribution in [0.25, 0.3) is 0 Å². The van der Waals surface area contributed by atoms with Crippen LogP contribution < -0.4 is 4.74 Å². The Bertz CT molecular complexity index is 296. The lowest BCUT2D eigenvalue weighted by atomic mass is 9.90. The van der Waals surface area contributed by atoms with Crippen molar-refractivity contribution in [3.8, 4) is 5.75 Å². The predicted molar refractivity (Wildman–Crippen MR) is 60.7 cm³/mol. The fourth-order valence-corrected chi connectivity index (χ4v) is 1.07. The highest BCUT2D eigenvalue weighted by Gasteiger charge is 2.21. The van der Waals surface area contributed by atoms with Gasteiger partial charge in [-0.05, 0) is 37.0 Å². The second-order valence-electron chi connectivity index (χ2n) is 4.94. The molecule has 0 bridgehead atoms. The number of benzene rings is 1. The molecule has 1 heteroatoms. The summed E-state index contributed by atoms with van der Waals surface area (Å²) in [5, 5.41) is 0. The van der Waals surface area contributed by atoms with Gasteiger partial charge in [-0.3, -0.25) is 0 Å². The van der Waals surface area contributed by atoms with Crippen LogP contribution in [-0.2, 0) is 0 Å². The van der Waals surface area contributed by atoms with E-state index in [4.69, 9.17) is 4.74 Å². The smallest absolute Gasteiger partial charge is 0.119 e. The fraction of sp³-hybridized carbons (Fsp3) is 0.538. The van der Waals surface area contributed by atoms with Crippen LogP contribution in [0.3, 0.4) is 0 Å². The third kappa shape index (κ3) is 3.06. The van der Waals surface area contributed by atoms with Crippen LogP contribution in [0.1, 0.15) is 33.3 Å². The van der Waals surface area contributed by atoms with E-state index in [0.717, 1.165) is 5.75 Å². The Morgan fingerprint density at radius 3 is 2.36 bits per heavy atom. The topological polar surface area (TPSA) is 9.23 Å². The summed E-state index contributed by atoms with van der Waals surface area (Å²) in [5.41, 5.74) is 1.42. The first kappa shape index (κ1) is 11.1. The highest BCUT2D eigenvalue weighted by molar-refractivity contribution is 5.27. The molecule has 1 aromatic carbocycles. The van der Waals surface area contributed by atoms with E-state index < -0.39 is 0 Å². The van der Waals surface area contributed by atoms with E-state index in [1.165, 1.54) is 5.56 Å². The molecule has 0 saturated carbocycles. The van der Waals surface area contributed by atoms with Crippen molar-refractivity contribution in [3.05, 3.63) is 29.8 Å². The van der Waals surface area contributed by atoms with Crippen LogP contribution >= 0.6 is 0 Å². The molecule has 1 aromatic rings. The van der Waals surface area contributed by atoms with Crippen molar-refractivity contribution in [1.82, 2.24) is 0 Å². The quantitative estimate of drug-likeness (QED) is 0.692. The summed E-state index contributed by atoms with van der Waals surface area (Å²) < 4.78 is 5.86. The minimum Gasteiger partial charge on any atom is -0.490 e. The van der Waals surface area contributed by atoms with Crippen LogP contribution in [-0.4, -0.2) is 6.10 Å². The maximum atomic E-state index is 5.86. The van der Waals surface area contributed by atoms with Crippen LogP contribution in [0.5, 0.6) is 5.75 Å². The lowest BCUT2D eigenvalue weighted by Crippen LogP contribution is -2.28. The van der Waals surface area contributed by atoms with Gasteiger partial charge in [0.1, 0.15) is 11.9 Å². The average Bonchev–Trinajstić information content (AvgIpc) is 2.02. The third-order valence-corrected chi connectivity index (χ3v) is 2.52. The monoisotopic (exact) mass is 192 g/mol. The Morgan fingerprint density at radius 1 is 1.21 bits per heavy atom. The second-order valence-corrected chi connectivity index (χ2v) is 4.94. The molecule has 78 valence electrons. The van der Waals surface area contributed by atoms with Crippen molar-refractivity contribution in [3.63, 3.8) is 0 Å². The molecule has 1 unspecified atom stereocenters. The van der Waals surface area contributed by atoms with E-state index >= 15 is 0 Å². The largest absolute Gasteiger partial charge is 0.490 e. The molecule has 1 atom stereocenters. The van der Waals surface area contributed by atoms with Crippen molar-refractivity contribution in [2.45, 2.75) is 40.7 Å². The Labute approximate surface area is 87.1 Å². The van der Waals surface area contributed by atoms with Gasteiger partial charge in [0.15, 0.2) is 0 Å². The second kappa shape index (κ2) is 4.04. The molecule has 0 radical (unpaired) electrons. The lowest BCUT2D eigenvalue weighted by molar-refractivity contribution is 0.103. The van der Waals surface area contributed by atoms with E-state index in [2.05, 4.69) is 46.8 Å². The maximum Gasteiger partial charge on any atom is 0.119 e. The maximum absolute atomic E-state index is 5.86. The minimum atomic E-state index is 0.184. The zero-order valence-electron chi connectivity index (χ0n) is 9.79. The predicted octanol–water partition coefficient (Wildman–Crippen LogP) is 3.81. The van der Waals surface area contributed by atoms with Gasteiger partial charge in [-0.25, -0.2) is 0 Å². The highest BCUT2D eigenvalue weighted by atomic mass is 16.5. The number of aryl methyl sites for hydroxylation is 1. The Kier molecular flexibility index (Phi) is 3.20. The van der Waals surface area contributed by atoms with Gasteiger partial charge in [-0.2, -0.15) is 0 Å². The first-order chi connectivity index (χ1) is 6.39. The van der Waals surface area contributed by atoms with Gasteiger partial charge in [0, 0.05) is 0 Å². The van der Waals surface area contributed by atoms with Crippen LogP contribution in [0, 0.1) is 12.3 Å². The van der Waals surface area contributed by atoms with E-state index in [1.54, 1.807) is 0 Å². The van der Waals surface area contributed by atoms with Crippen LogP contribution in [0.4, 0.5) is 0 Å². The standard InChI is InChI=1S/C13H20O/c1-10-7-6-8-12(9-10)14-11(2)13(3,4)5/h6-9,11H,1-5H3. The molecule has 1 nitrogen and oxygen atoms in total. The van der Waals surface area contributed by atoms with Gasteiger partial charge >= 0.3 is 0 Å². The number of rotatable bonds is 2. The first-order valence-electron chi connectivity index (χ1n) is 5.13.